The maximum absolute atomic E-state index is 13.5. The lowest BCUT2D eigenvalue weighted by atomic mass is 10.1. The molecule has 0 saturated carbocycles. The van der Waals surface area contributed by atoms with Gasteiger partial charge in [-0.25, -0.2) is 4.39 Å². The van der Waals surface area contributed by atoms with Crippen LogP contribution in [0.3, 0.4) is 0 Å². The molecule has 3 nitrogen and oxygen atoms in total. The van der Waals surface area contributed by atoms with E-state index in [0.29, 0.717) is 17.8 Å². The highest BCUT2D eigenvalue weighted by molar-refractivity contribution is 5.51. The summed E-state index contributed by atoms with van der Waals surface area (Å²) >= 11 is 0. The summed E-state index contributed by atoms with van der Waals surface area (Å²) in [5.41, 5.74) is 1.05. The molecular formula is C16H25FN2O. The second kappa shape index (κ2) is 6.93. The van der Waals surface area contributed by atoms with E-state index in [9.17, 15) is 4.39 Å². The van der Waals surface area contributed by atoms with Crippen LogP contribution in [0, 0.1) is 5.82 Å². The smallest absolute Gasteiger partial charge is 0.165 e. The molecule has 1 aromatic carbocycles. The number of nitrogens with one attached hydrogen (secondary N) is 1. The average molecular weight is 280 g/mol. The van der Waals surface area contributed by atoms with Crippen molar-refractivity contribution in [3.05, 3.63) is 24.0 Å². The first-order valence-corrected chi connectivity index (χ1v) is 7.48. The molecule has 1 aliphatic heterocycles. The van der Waals surface area contributed by atoms with E-state index in [0.717, 1.165) is 38.0 Å². The molecule has 20 heavy (non-hydrogen) atoms. The van der Waals surface area contributed by atoms with Gasteiger partial charge in [0, 0.05) is 36.9 Å². The van der Waals surface area contributed by atoms with Crippen molar-refractivity contribution in [3.63, 3.8) is 0 Å². The van der Waals surface area contributed by atoms with Crippen LogP contribution in [0.1, 0.15) is 33.1 Å². The van der Waals surface area contributed by atoms with Gasteiger partial charge in [0.1, 0.15) is 0 Å². The lowest BCUT2D eigenvalue weighted by Gasteiger charge is -2.33. The minimum absolute atomic E-state index is 0.301. The molecule has 0 aliphatic carbocycles. The summed E-state index contributed by atoms with van der Waals surface area (Å²) in [5.74, 6) is 0.0209. The lowest BCUT2D eigenvalue weighted by molar-refractivity contribution is 0.376. The predicted octanol–water partition coefficient (Wildman–Crippen LogP) is 3.19. The van der Waals surface area contributed by atoms with E-state index in [1.165, 1.54) is 13.2 Å². The maximum atomic E-state index is 13.5. The minimum Gasteiger partial charge on any atom is -0.494 e. The molecule has 0 amide bonds. The third-order valence-electron chi connectivity index (χ3n) is 4.09. The minimum atomic E-state index is -0.301. The van der Waals surface area contributed by atoms with Crippen molar-refractivity contribution in [2.24, 2.45) is 0 Å². The quantitative estimate of drug-likeness (QED) is 0.920. The monoisotopic (exact) mass is 280 g/mol. The van der Waals surface area contributed by atoms with Gasteiger partial charge >= 0.3 is 0 Å². The molecule has 1 saturated heterocycles. The molecule has 1 aliphatic rings. The Morgan fingerprint density at radius 3 is 2.80 bits per heavy atom. The van der Waals surface area contributed by atoms with Crippen LogP contribution in [0.25, 0.3) is 0 Å². The van der Waals surface area contributed by atoms with Gasteiger partial charge < -0.3 is 15.0 Å². The number of hydrogen-bond acceptors (Lipinski definition) is 3. The topological polar surface area (TPSA) is 24.5 Å². The number of methoxy groups -OCH3 is 1. The van der Waals surface area contributed by atoms with Crippen LogP contribution in [0.15, 0.2) is 18.2 Å². The number of halogens is 1. The summed E-state index contributed by atoms with van der Waals surface area (Å²) < 4.78 is 18.6. The number of ether oxygens (including phenoxy) is 1. The number of hydrogen-bond donors (Lipinski definition) is 1. The molecular weight excluding hydrogens is 255 g/mol. The molecule has 1 N–H and O–H groups in total. The zero-order valence-electron chi connectivity index (χ0n) is 12.7. The van der Waals surface area contributed by atoms with Crippen molar-refractivity contribution in [2.75, 3.05) is 25.1 Å². The Hall–Kier alpha value is -1.29. The van der Waals surface area contributed by atoms with E-state index in [4.69, 9.17) is 4.74 Å². The van der Waals surface area contributed by atoms with Crippen molar-refractivity contribution in [1.82, 2.24) is 5.32 Å². The lowest BCUT2D eigenvalue weighted by Crippen LogP contribution is -2.44. The fraction of sp³-hybridized carbons (Fsp3) is 0.625. The van der Waals surface area contributed by atoms with Crippen LogP contribution in [0.2, 0.25) is 0 Å². The van der Waals surface area contributed by atoms with E-state index in [-0.39, 0.29) is 5.82 Å². The van der Waals surface area contributed by atoms with Crippen molar-refractivity contribution < 1.29 is 9.13 Å². The Morgan fingerprint density at radius 1 is 1.35 bits per heavy atom. The van der Waals surface area contributed by atoms with E-state index < -0.39 is 0 Å². The normalized spacial score (nSPS) is 24.1. The first-order chi connectivity index (χ1) is 9.63. The fourth-order valence-corrected chi connectivity index (χ4v) is 2.77. The average Bonchev–Trinajstić information content (AvgIpc) is 2.44. The number of rotatable bonds is 3. The van der Waals surface area contributed by atoms with E-state index in [1.807, 2.05) is 6.07 Å². The van der Waals surface area contributed by atoms with Crippen molar-refractivity contribution in [1.29, 1.82) is 0 Å². The van der Waals surface area contributed by atoms with Gasteiger partial charge in [-0.05, 0) is 38.3 Å². The summed E-state index contributed by atoms with van der Waals surface area (Å²) in [4.78, 5) is 2.34. The van der Waals surface area contributed by atoms with E-state index in [1.54, 1.807) is 6.07 Å². The molecule has 0 aromatic heterocycles. The Bertz CT molecular complexity index is 438. The van der Waals surface area contributed by atoms with E-state index in [2.05, 4.69) is 24.1 Å². The van der Waals surface area contributed by atoms with Crippen LogP contribution in [0.4, 0.5) is 10.1 Å². The summed E-state index contributed by atoms with van der Waals surface area (Å²) in [6, 6.07) is 6.22. The van der Waals surface area contributed by atoms with Gasteiger partial charge in [0.25, 0.3) is 0 Å². The largest absolute Gasteiger partial charge is 0.494 e. The second-order valence-corrected chi connectivity index (χ2v) is 5.56. The number of benzene rings is 1. The Kier molecular flexibility index (Phi) is 5.24. The standard InChI is InChI=1S/C16H25FN2O/c1-4-13-8-10-19(9-7-12(2)18-13)14-5-6-15(17)16(11-14)20-3/h5-6,11-13,18H,4,7-10H2,1-3H3. The third-order valence-corrected chi connectivity index (χ3v) is 4.09. The predicted molar refractivity (Wildman–Crippen MR) is 81.1 cm³/mol. The van der Waals surface area contributed by atoms with Gasteiger partial charge in [-0.1, -0.05) is 6.92 Å². The fourth-order valence-electron chi connectivity index (χ4n) is 2.77. The summed E-state index contributed by atoms with van der Waals surface area (Å²) in [5, 5.41) is 3.66. The number of anilines is 1. The van der Waals surface area contributed by atoms with Crippen molar-refractivity contribution in [3.8, 4) is 5.75 Å². The first-order valence-electron chi connectivity index (χ1n) is 7.48. The van der Waals surface area contributed by atoms with Gasteiger partial charge in [-0.15, -0.1) is 0 Å². The molecule has 4 heteroatoms. The third kappa shape index (κ3) is 3.63. The summed E-state index contributed by atoms with van der Waals surface area (Å²) in [6.07, 6.45) is 3.35. The van der Waals surface area contributed by atoms with Crippen molar-refractivity contribution >= 4 is 5.69 Å². The van der Waals surface area contributed by atoms with Gasteiger partial charge in [0.2, 0.25) is 0 Å². The Labute approximate surface area is 121 Å². The molecule has 2 rings (SSSR count). The zero-order valence-corrected chi connectivity index (χ0v) is 12.7. The first kappa shape index (κ1) is 15.1. The highest BCUT2D eigenvalue weighted by Crippen LogP contribution is 2.25. The highest BCUT2D eigenvalue weighted by atomic mass is 19.1. The highest BCUT2D eigenvalue weighted by Gasteiger charge is 2.18. The van der Waals surface area contributed by atoms with Crippen LogP contribution >= 0.6 is 0 Å². The molecule has 0 spiro atoms. The molecule has 1 aromatic rings. The van der Waals surface area contributed by atoms with Gasteiger partial charge in [0.15, 0.2) is 11.6 Å². The summed E-state index contributed by atoms with van der Waals surface area (Å²) in [6.45, 7) is 6.43. The molecule has 112 valence electrons. The molecule has 2 unspecified atom stereocenters. The van der Waals surface area contributed by atoms with E-state index >= 15 is 0 Å². The van der Waals surface area contributed by atoms with Gasteiger partial charge in [0.05, 0.1) is 7.11 Å². The van der Waals surface area contributed by atoms with Crippen LogP contribution in [0.5, 0.6) is 5.75 Å². The molecule has 0 radical (unpaired) electrons. The van der Waals surface area contributed by atoms with Crippen LogP contribution in [-0.4, -0.2) is 32.3 Å². The van der Waals surface area contributed by atoms with Crippen LogP contribution < -0.4 is 15.0 Å². The van der Waals surface area contributed by atoms with Gasteiger partial charge in [-0.3, -0.25) is 0 Å². The van der Waals surface area contributed by atoms with Crippen LogP contribution in [-0.2, 0) is 0 Å². The second-order valence-electron chi connectivity index (χ2n) is 5.56. The Morgan fingerprint density at radius 2 is 2.10 bits per heavy atom. The van der Waals surface area contributed by atoms with Crippen molar-refractivity contribution in [2.45, 2.75) is 45.2 Å². The zero-order chi connectivity index (χ0) is 14.5. The molecule has 2 atom stereocenters. The molecule has 0 bridgehead atoms. The SMILES string of the molecule is CCC1CCN(c2ccc(F)c(OC)c2)CCC(C)N1. The Balaban J connectivity index is 2.13. The number of nitrogens with zero attached hydrogens (tertiary/aromatic N) is 1. The maximum Gasteiger partial charge on any atom is 0.165 e. The van der Waals surface area contributed by atoms with Gasteiger partial charge in [-0.2, -0.15) is 0 Å². The summed E-state index contributed by atoms with van der Waals surface area (Å²) in [7, 11) is 1.51. The molecule has 1 fully saturated rings. The molecule has 1 heterocycles.